The fraction of sp³-hybridized carbons (Fsp3) is 0.350. The Hall–Kier alpha value is -2.37. The summed E-state index contributed by atoms with van der Waals surface area (Å²) in [5.74, 6) is 0.770. The van der Waals surface area contributed by atoms with Crippen LogP contribution in [-0.4, -0.2) is 50.8 Å². The number of methoxy groups -OCH3 is 1. The van der Waals surface area contributed by atoms with E-state index in [4.69, 9.17) is 9.47 Å². The molecule has 5 heteroatoms. The van der Waals surface area contributed by atoms with E-state index in [0.29, 0.717) is 25.3 Å². The molecule has 5 nitrogen and oxygen atoms in total. The van der Waals surface area contributed by atoms with Crippen molar-refractivity contribution in [2.75, 3.05) is 40.0 Å². The Balaban J connectivity index is 1.75. The summed E-state index contributed by atoms with van der Waals surface area (Å²) >= 11 is 0. The first-order chi connectivity index (χ1) is 12.3. The van der Waals surface area contributed by atoms with Crippen LogP contribution in [0.4, 0.5) is 0 Å². The number of ether oxygens (including phenoxy) is 2. The van der Waals surface area contributed by atoms with Crippen LogP contribution in [0.15, 0.2) is 54.6 Å². The maximum atomic E-state index is 12.4. The molecule has 1 fully saturated rings. The SMILES string of the molecule is COc1cccc([C@@H](CNC(=O)c2ccccc2)N2CCOCC2)c1. The Labute approximate surface area is 148 Å². The molecular formula is C20H24N2O3. The van der Waals surface area contributed by atoms with Gasteiger partial charge in [0.1, 0.15) is 5.75 Å². The van der Waals surface area contributed by atoms with Crippen molar-refractivity contribution in [1.29, 1.82) is 0 Å². The Morgan fingerprint density at radius 2 is 1.92 bits per heavy atom. The molecule has 1 N–H and O–H groups in total. The summed E-state index contributed by atoms with van der Waals surface area (Å²) in [6.45, 7) is 3.67. The van der Waals surface area contributed by atoms with Gasteiger partial charge in [0.2, 0.25) is 0 Å². The van der Waals surface area contributed by atoms with Crippen molar-refractivity contribution in [3.8, 4) is 5.75 Å². The van der Waals surface area contributed by atoms with Crippen LogP contribution in [0.2, 0.25) is 0 Å². The molecule has 1 aliphatic heterocycles. The van der Waals surface area contributed by atoms with Crippen LogP contribution in [0.3, 0.4) is 0 Å². The van der Waals surface area contributed by atoms with Crippen LogP contribution in [-0.2, 0) is 4.74 Å². The van der Waals surface area contributed by atoms with Crippen LogP contribution in [0, 0.1) is 0 Å². The lowest BCUT2D eigenvalue weighted by Gasteiger charge is -2.35. The number of nitrogens with one attached hydrogen (secondary N) is 1. The number of carbonyl (C=O) groups excluding carboxylic acids is 1. The number of benzene rings is 2. The minimum absolute atomic E-state index is 0.0539. The molecule has 132 valence electrons. The van der Waals surface area contributed by atoms with Crippen molar-refractivity contribution in [3.05, 3.63) is 65.7 Å². The normalized spacial score (nSPS) is 16.2. The third kappa shape index (κ3) is 4.59. The molecular weight excluding hydrogens is 316 g/mol. The molecule has 2 aromatic rings. The average molecular weight is 340 g/mol. The Morgan fingerprint density at radius 1 is 1.16 bits per heavy atom. The lowest BCUT2D eigenvalue weighted by Crippen LogP contribution is -2.43. The number of hydrogen-bond donors (Lipinski definition) is 1. The predicted octanol–water partition coefficient (Wildman–Crippen LogP) is 2.50. The van der Waals surface area contributed by atoms with E-state index in [1.54, 1.807) is 7.11 Å². The van der Waals surface area contributed by atoms with Crippen molar-refractivity contribution in [2.45, 2.75) is 6.04 Å². The molecule has 0 radical (unpaired) electrons. The van der Waals surface area contributed by atoms with E-state index in [-0.39, 0.29) is 11.9 Å². The van der Waals surface area contributed by atoms with E-state index in [0.717, 1.165) is 24.4 Å². The van der Waals surface area contributed by atoms with Gasteiger partial charge in [0, 0.05) is 25.2 Å². The number of hydrogen-bond acceptors (Lipinski definition) is 4. The van der Waals surface area contributed by atoms with Crippen LogP contribution in [0.5, 0.6) is 5.75 Å². The molecule has 1 amide bonds. The van der Waals surface area contributed by atoms with Gasteiger partial charge in [-0.15, -0.1) is 0 Å². The number of morpholine rings is 1. The molecule has 0 aliphatic carbocycles. The summed E-state index contributed by atoms with van der Waals surface area (Å²) in [6, 6.07) is 17.4. The summed E-state index contributed by atoms with van der Waals surface area (Å²) in [5.41, 5.74) is 1.81. The highest BCUT2D eigenvalue weighted by Crippen LogP contribution is 2.24. The maximum Gasteiger partial charge on any atom is 0.251 e. The monoisotopic (exact) mass is 340 g/mol. The van der Waals surface area contributed by atoms with Gasteiger partial charge in [-0.3, -0.25) is 9.69 Å². The van der Waals surface area contributed by atoms with Gasteiger partial charge in [0.15, 0.2) is 0 Å². The van der Waals surface area contributed by atoms with Gasteiger partial charge in [-0.1, -0.05) is 30.3 Å². The third-order valence-electron chi connectivity index (χ3n) is 4.46. The van der Waals surface area contributed by atoms with Gasteiger partial charge < -0.3 is 14.8 Å². The predicted molar refractivity (Wildman–Crippen MR) is 96.9 cm³/mol. The average Bonchev–Trinajstić information content (AvgIpc) is 2.69. The Bertz CT molecular complexity index is 684. The van der Waals surface area contributed by atoms with E-state index >= 15 is 0 Å². The standard InChI is InChI=1S/C20H24N2O3/c1-24-18-9-5-8-17(14-18)19(22-10-12-25-13-11-22)15-21-20(23)16-6-3-2-4-7-16/h2-9,14,19H,10-13,15H2,1H3,(H,21,23)/t19-/m1/s1. The Morgan fingerprint density at radius 3 is 2.64 bits per heavy atom. The largest absolute Gasteiger partial charge is 0.497 e. The molecule has 0 spiro atoms. The van der Waals surface area contributed by atoms with E-state index in [1.807, 2.05) is 48.5 Å². The van der Waals surface area contributed by atoms with Crippen molar-refractivity contribution in [3.63, 3.8) is 0 Å². The number of carbonyl (C=O) groups is 1. The number of nitrogens with zero attached hydrogens (tertiary/aromatic N) is 1. The van der Waals surface area contributed by atoms with Crippen molar-refractivity contribution in [2.24, 2.45) is 0 Å². The second-order valence-electron chi connectivity index (χ2n) is 6.02. The van der Waals surface area contributed by atoms with Gasteiger partial charge in [-0.25, -0.2) is 0 Å². The maximum absolute atomic E-state index is 12.4. The van der Waals surface area contributed by atoms with E-state index in [2.05, 4.69) is 16.3 Å². The highest BCUT2D eigenvalue weighted by Gasteiger charge is 2.23. The van der Waals surface area contributed by atoms with Gasteiger partial charge in [-0.05, 0) is 29.8 Å². The van der Waals surface area contributed by atoms with Gasteiger partial charge in [0.25, 0.3) is 5.91 Å². The topological polar surface area (TPSA) is 50.8 Å². The second kappa shape index (κ2) is 8.65. The van der Waals surface area contributed by atoms with E-state index in [9.17, 15) is 4.79 Å². The third-order valence-corrected chi connectivity index (χ3v) is 4.46. The van der Waals surface area contributed by atoms with Gasteiger partial charge in [-0.2, -0.15) is 0 Å². The van der Waals surface area contributed by atoms with Gasteiger partial charge >= 0.3 is 0 Å². The molecule has 0 unspecified atom stereocenters. The fourth-order valence-electron chi connectivity index (χ4n) is 3.08. The van der Waals surface area contributed by atoms with Crippen molar-refractivity contribution in [1.82, 2.24) is 10.2 Å². The quantitative estimate of drug-likeness (QED) is 0.878. The van der Waals surface area contributed by atoms with Crippen LogP contribution in [0.25, 0.3) is 0 Å². The van der Waals surface area contributed by atoms with Crippen molar-refractivity contribution >= 4 is 5.91 Å². The first kappa shape index (κ1) is 17.5. The molecule has 1 heterocycles. The first-order valence-corrected chi connectivity index (χ1v) is 8.57. The molecule has 2 aromatic carbocycles. The van der Waals surface area contributed by atoms with Crippen LogP contribution < -0.4 is 10.1 Å². The van der Waals surface area contributed by atoms with Gasteiger partial charge in [0.05, 0.1) is 26.4 Å². The van der Waals surface area contributed by atoms with E-state index < -0.39 is 0 Å². The summed E-state index contributed by atoms with van der Waals surface area (Å²) in [4.78, 5) is 14.8. The van der Waals surface area contributed by atoms with E-state index in [1.165, 1.54) is 0 Å². The highest BCUT2D eigenvalue weighted by molar-refractivity contribution is 5.94. The number of amides is 1. The van der Waals surface area contributed by atoms with Crippen LogP contribution >= 0.6 is 0 Å². The minimum Gasteiger partial charge on any atom is -0.497 e. The zero-order valence-corrected chi connectivity index (χ0v) is 14.5. The molecule has 1 atom stereocenters. The molecule has 1 saturated heterocycles. The lowest BCUT2D eigenvalue weighted by atomic mass is 10.0. The summed E-state index contributed by atoms with van der Waals surface area (Å²) in [7, 11) is 1.67. The molecule has 25 heavy (non-hydrogen) atoms. The fourth-order valence-corrected chi connectivity index (χ4v) is 3.08. The number of rotatable bonds is 6. The molecule has 3 rings (SSSR count). The smallest absolute Gasteiger partial charge is 0.251 e. The lowest BCUT2D eigenvalue weighted by molar-refractivity contribution is 0.0162. The summed E-state index contributed by atoms with van der Waals surface area (Å²) in [6.07, 6.45) is 0. The summed E-state index contributed by atoms with van der Waals surface area (Å²) < 4.78 is 10.8. The van der Waals surface area contributed by atoms with Crippen molar-refractivity contribution < 1.29 is 14.3 Å². The first-order valence-electron chi connectivity index (χ1n) is 8.57. The zero-order chi connectivity index (χ0) is 17.5. The molecule has 0 bridgehead atoms. The molecule has 0 aromatic heterocycles. The molecule has 1 aliphatic rings. The highest BCUT2D eigenvalue weighted by atomic mass is 16.5. The molecule has 0 saturated carbocycles. The Kier molecular flexibility index (Phi) is 6.04. The zero-order valence-electron chi connectivity index (χ0n) is 14.5. The second-order valence-corrected chi connectivity index (χ2v) is 6.02. The minimum atomic E-state index is -0.0539. The summed E-state index contributed by atoms with van der Waals surface area (Å²) in [5, 5.41) is 3.07. The van der Waals surface area contributed by atoms with Crippen LogP contribution in [0.1, 0.15) is 22.0 Å².